The number of nitrogens with one attached hydrogen (secondary N) is 2. The summed E-state index contributed by atoms with van der Waals surface area (Å²) in [7, 11) is 0. The molecule has 6 nitrogen and oxygen atoms in total. The van der Waals surface area contributed by atoms with E-state index in [1.54, 1.807) is 0 Å². The molecule has 1 aliphatic heterocycles. The van der Waals surface area contributed by atoms with E-state index in [1.807, 2.05) is 6.92 Å². The molecular formula is C11H17FN4O2. The molecule has 1 atom stereocenters. The fourth-order valence-corrected chi connectivity index (χ4v) is 1.60. The summed E-state index contributed by atoms with van der Waals surface area (Å²) in [6.07, 6.45) is 1.07. The van der Waals surface area contributed by atoms with Crippen LogP contribution in [0, 0.1) is 5.82 Å². The van der Waals surface area contributed by atoms with E-state index in [0.717, 1.165) is 6.20 Å². The van der Waals surface area contributed by atoms with Gasteiger partial charge in [-0.3, -0.25) is 0 Å². The van der Waals surface area contributed by atoms with Crippen molar-refractivity contribution in [1.29, 1.82) is 0 Å². The third-order valence-corrected chi connectivity index (χ3v) is 2.46. The van der Waals surface area contributed by atoms with E-state index < -0.39 is 5.82 Å². The molecule has 0 aromatic carbocycles. The van der Waals surface area contributed by atoms with Gasteiger partial charge in [0, 0.05) is 13.1 Å². The molecule has 1 unspecified atom stereocenters. The summed E-state index contributed by atoms with van der Waals surface area (Å²) in [6, 6.07) is 0. The Balaban J connectivity index is 1.92. The zero-order valence-corrected chi connectivity index (χ0v) is 10.3. The lowest BCUT2D eigenvalue weighted by atomic mass is 10.3. The minimum Gasteiger partial charge on any atom is -0.376 e. The van der Waals surface area contributed by atoms with Crippen LogP contribution in [0.1, 0.15) is 6.92 Å². The lowest BCUT2D eigenvalue weighted by Crippen LogP contribution is -2.34. The van der Waals surface area contributed by atoms with E-state index in [4.69, 9.17) is 9.47 Å². The molecule has 0 radical (unpaired) electrons. The van der Waals surface area contributed by atoms with Crippen LogP contribution in [0.5, 0.6) is 0 Å². The predicted molar refractivity (Wildman–Crippen MR) is 65.2 cm³/mol. The van der Waals surface area contributed by atoms with Gasteiger partial charge in [-0.2, -0.15) is 4.98 Å². The highest BCUT2D eigenvalue weighted by atomic mass is 19.1. The van der Waals surface area contributed by atoms with E-state index in [-0.39, 0.29) is 11.9 Å². The molecule has 1 fully saturated rings. The van der Waals surface area contributed by atoms with Gasteiger partial charge < -0.3 is 20.1 Å². The Morgan fingerprint density at radius 2 is 2.33 bits per heavy atom. The van der Waals surface area contributed by atoms with Crippen molar-refractivity contribution in [3.8, 4) is 0 Å². The maximum atomic E-state index is 13.5. The minimum absolute atomic E-state index is 0.0734. The highest BCUT2D eigenvalue weighted by Crippen LogP contribution is 2.12. The number of aromatic nitrogens is 2. The molecule has 18 heavy (non-hydrogen) atoms. The standard InChI is InChI=1S/C11H17FN4O2/c1-2-13-11-15-6-9(12)10(16-11)14-5-8-7-17-3-4-18-8/h6,8H,2-5,7H2,1H3,(H2,13,14,15,16). The first-order valence-electron chi connectivity index (χ1n) is 5.99. The molecule has 1 aliphatic rings. The Hall–Kier alpha value is -1.47. The molecule has 1 saturated heterocycles. The first kappa shape index (κ1) is 13.0. The number of hydrogen-bond donors (Lipinski definition) is 2. The maximum absolute atomic E-state index is 13.5. The number of anilines is 2. The highest BCUT2D eigenvalue weighted by Gasteiger charge is 2.15. The highest BCUT2D eigenvalue weighted by molar-refractivity contribution is 5.41. The Bertz CT molecular complexity index is 385. The van der Waals surface area contributed by atoms with E-state index in [2.05, 4.69) is 20.6 Å². The summed E-state index contributed by atoms with van der Waals surface area (Å²) < 4.78 is 24.2. The summed E-state index contributed by atoms with van der Waals surface area (Å²) in [5.74, 6) is 0.103. The Labute approximate surface area is 105 Å². The van der Waals surface area contributed by atoms with Crippen LogP contribution < -0.4 is 10.6 Å². The van der Waals surface area contributed by atoms with Gasteiger partial charge in [-0.05, 0) is 6.92 Å². The monoisotopic (exact) mass is 256 g/mol. The molecule has 0 spiro atoms. The Morgan fingerprint density at radius 3 is 3.06 bits per heavy atom. The first-order valence-corrected chi connectivity index (χ1v) is 5.99. The molecular weight excluding hydrogens is 239 g/mol. The number of ether oxygens (including phenoxy) is 2. The summed E-state index contributed by atoms with van der Waals surface area (Å²) in [5.41, 5.74) is 0. The molecule has 0 amide bonds. The van der Waals surface area contributed by atoms with Crippen molar-refractivity contribution in [3.05, 3.63) is 12.0 Å². The molecule has 0 bridgehead atoms. The number of rotatable bonds is 5. The van der Waals surface area contributed by atoms with Gasteiger partial charge in [0.15, 0.2) is 11.6 Å². The van der Waals surface area contributed by atoms with Crippen molar-refractivity contribution in [3.63, 3.8) is 0 Å². The third-order valence-electron chi connectivity index (χ3n) is 2.46. The van der Waals surface area contributed by atoms with E-state index in [9.17, 15) is 4.39 Å². The summed E-state index contributed by atoms with van der Waals surface area (Å²) in [6.45, 7) is 4.77. The topological polar surface area (TPSA) is 68.3 Å². The summed E-state index contributed by atoms with van der Waals surface area (Å²) >= 11 is 0. The maximum Gasteiger partial charge on any atom is 0.224 e. The normalized spacial score (nSPS) is 19.6. The van der Waals surface area contributed by atoms with Crippen molar-refractivity contribution < 1.29 is 13.9 Å². The quantitative estimate of drug-likeness (QED) is 0.815. The van der Waals surface area contributed by atoms with Crippen LogP contribution in [0.3, 0.4) is 0 Å². The summed E-state index contributed by atoms with van der Waals surface area (Å²) in [4.78, 5) is 7.87. The molecule has 2 N–H and O–H groups in total. The van der Waals surface area contributed by atoms with Crippen molar-refractivity contribution in [2.75, 3.05) is 43.5 Å². The second-order valence-corrected chi connectivity index (χ2v) is 3.87. The van der Waals surface area contributed by atoms with Crippen molar-refractivity contribution in [2.45, 2.75) is 13.0 Å². The van der Waals surface area contributed by atoms with E-state index in [1.165, 1.54) is 0 Å². The smallest absolute Gasteiger partial charge is 0.224 e. The van der Waals surface area contributed by atoms with Crippen molar-refractivity contribution in [2.24, 2.45) is 0 Å². The van der Waals surface area contributed by atoms with E-state index >= 15 is 0 Å². The van der Waals surface area contributed by atoms with Gasteiger partial charge >= 0.3 is 0 Å². The average molecular weight is 256 g/mol. The fraction of sp³-hybridized carbons (Fsp3) is 0.636. The summed E-state index contributed by atoms with van der Waals surface area (Å²) in [5, 5.41) is 5.84. The zero-order valence-electron chi connectivity index (χ0n) is 10.3. The van der Waals surface area contributed by atoms with Crippen LogP contribution in [-0.2, 0) is 9.47 Å². The molecule has 100 valence electrons. The average Bonchev–Trinajstić information content (AvgIpc) is 2.41. The Kier molecular flexibility index (Phi) is 4.66. The van der Waals surface area contributed by atoms with Gasteiger partial charge in [0.2, 0.25) is 5.95 Å². The van der Waals surface area contributed by atoms with Crippen LogP contribution >= 0.6 is 0 Å². The Morgan fingerprint density at radius 1 is 1.44 bits per heavy atom. The lowest BCUT2D eigenvalue weighted by molar-refractivity contribution is -0.0819. The third kappa shape index (κ3) is 3.51. The molecule has 7 heteroatoms. The van der Waals surface area contributed by atoms with Gasteiger partial charge in [-0.1, -0.05) is 0 Å². The van der Waals surface area contributed by atoms with Crippen LogP contribution in [0.25, 0.3) is 0 Å². The number of halogens is 1. The van der Waals surface area contributed by atoms with Gasteiger partial charge in [-0.15, -0.1) is 0 Å². The first-order chi connectivity index (χ1) is 8.79. The second kappa shape index (κ2) is 6.46. The molecule has 0 aliphatic carbocycles. The van der Waals surface area contributed by atoms with Crippen molar-refractivity contribution >= 4 is 11.8 Å². The van der Waals surface area contributed by atoms with E-state index in [0.29, 0.717) is 38.9 Å². The van der Waals surface area contributed by atoms with Crippen LogP contribution in [-0.4, -0.2) is 49.0 Å². The van der Waals surface area contributed by atoms with Gasteiger partial charge in [0.05, 0.1) is 32.1 Å². The number of nitrogens with zero attached hydrogens (tertiary/aromatic N) is 2. The molecule has 2 heterocycles. The van der Waals surface area contributed by atoms with Crippen LogP contribution in [0.2, 0.25) is 0 Å². The lowest BCUT2D eigenvalue weighted by Gasteiger charge is -2.23. The SMILES string of the molecule is CCNc1ncc(F)c(NCC2COCCO2)n1. The molecule has 1 aromatic rings. The molecule has 0 saturated carbocycles. The van der Waals surface area contributed by atoms with Gasteiger partial charge in [0.25, 0.3) is 0 Å². The largest absolute Gasteiger partial charge is 0.376 e. The van der Waals surface area contributed by atoms with Gasteiger partial charge in [0.1, 0.15) is 0 Å². The second-order valence-electron chi connectivity index (χ2n) is 3.87. The van der Waals surface area contributed by atoms with Gasteiger partial charge in [-0.25, -0.2) is 9.37 Å². The zero-order chi connectivity index (χ0) is 12.8. The van der Waals surface area contributed by atoms with Crippen LogP contribution in [0.15, 0.2) is 6.20 Å². The fourth-order valence-electron chi connectivity index (χ4n) is 1.60. The minimum atomic E-state index is -0.478. The number of hydrogen-bond acceptors (Lipinski definition) is 6. The van der Waals surface area contributed by atoms with Crippen molar-refractivity contribution in [1.82, 2.24) is 9.97 Å². The predicted octanol–water partition coefficient (Wildman–Crippen LogP) is 0.875. The molecule has 1 aromatic heterocycles. The molecule has 2 rings (SSSR count). The van der Waals surface area contributed by atoms with Crippen LogP contribution in [0.4, 0.5) is 16.2 Å².